The highest BCUT2D eigenvalue weighted by Gasteiger charge is 2.03. The molecule has 0 radical (unpaired) electrons. The Kier molecular flexibility index (Phi) is 3.81. The number of ether oxygens (including phenoxy) is 2. The van der Waals surface area contributed by atoms with Crippen molar-refractivity contribution in [2.45, 2.75) is 13.3 Å². The van der Waals surface area contributed by atoms with Crippen LogP contribution in [0.15, 0.2) is 18.2 Å². The molecule has 0 spiro atoms. The highest BCUT2D eigenvalue weighted by molar-refractivity contribution is 5.47. The Balaban J connectivity index is 2.86. The molecule has 0 bridgehead atoms. The van der Waals surface area contributed by atoms with Crippen LogP contribution >= 0.6 is 0 Å². The lowest BCUT2D eigenvalue weighted by Gasteiger charge is -2.06. The molecule has 3 heteroatoms. The standard InChI is InChI=1S/C11H13NO2/c1-3-6-14-10-4-5-11(13-2)9(7-10)8-12/h4-5,7H,3,6H2,1-2H3. The maximum Gasteiger partial charge on any atom is 0.136 e. The fourth-order valence-corrected chi connectivity index (χ4v) is 1.08. The van der Waals surface area contributed by atoms with Crippen molar-refractivity contribution >= 4 is 0 Å². The van der Waals surface area contributed by atoms with Crippen molar-refractivity contribution in [2.75, 3.05) is 13.7 Å². The number of hydrogen-bond donors (Lipinski definition) is 0. The van der Waals surface area contributed by atoms with Crippen molar-refractivity contribution in [2.24, 2.45) is 0 Å². The molecule has 3 nitrogen and oxygen atoms in total. The van der Waals surface area contributed by atoms with Crippen LogP contribution in [0.5, 0.6) is 11.5 Å². The van der Waals surface area contributed by atoms with Gasteiger partial charge in [0.05, 0.1) is 19.3 Å². The fraction of sp³-hybridized carbons (Fsp3) is 0.364. The van der Waals surface area contributed by atoms with Gasteiger partial charge in [-0.2, -0.15) is 5.26 Å². The van der Waals surface area contributed by atoms with E-state index < -0.39 is 0 Å². The third-order valence-electron chi connectivity index (χ3n) is 1.76. The topological polar surface area (TPSA) is 42.2 Å². The molecule has 1 rings (SSSR count). The summed E-state index contributed by atoms with van der Waals surface area (Å²) in [4.78, 5) is 0. The minimum Gasteiger partial charge on any atom is -0.495 e. The van der Waals surface area contributed by atoms with Crippen LogP contribution in [0.3, 0.4) is 0 Å². The predicted molar refractivity (Wildman–Crippen MR) is 53.5 cm³/mol. The zero-order valence-corrected chi connectivity index (χ0v) is 8.41. The van der Waals surface area contributed by atoms with Crippen LogP contribution in [0, 0.1) is 11.3 Å². The lowest BCUT2D eigenvalue weighted by atomic mass is 10.2. The second kappa shape index (κ2) is 5.13. The van der Waals surface area contributed by atoms with E-state index in [1.54, 1.807) is 25.3 Å². The number of nitriles is 1. The average molecular weight is 191 g/mol. The van der Waals surface area contributed by atoms with Crippen molar-refractivity contribution < 1.29 is 9.47 Å². The van der Waals surface area contributed by atoms with Crippen LogP contribution in [-0.4, -0.2) is 13.7 Å². The smallest absolute Gasteiger partial charge is 0.136 e. The number of methoxy groups -OCH3 is 1. The first-order valence-electron chi connectivity index (χ1n) is 4.52. The van der Waals surface area contributed by atoms with Crippen molar-refractivity contribution in [3.05, 3.63) is 23.8 Å². The third-order valence-corrected chi connectivity index (χ3v) is 1.76. The quantitative estimate of drug-likeness (QED) is 0.733. The first-order valence-corrected chi connectivity index (χ1v) is 4.52. The molecule has 0 aliphatic heterocycles. The van der Waals surface area contributed by atoms with Crippen molar-refractivity contribution in [1.82, 2.24) is 0 Å². The van der Waals surface area contributed by atoms with E-state index in [0.717, 1.165) is 6.42 Å². The molecular weight excluding hydrogens is 178 g/mol. The largest absolute Gasteiger partial charge is 0.495 e. The van der Waals surface area contributed by atoms with Gasteiger partial charge < -0.3 is 9.47 Å². The number of nitrogens with zero attached hydrogens (tertiary/aromatic N) is 1. The molecule has 0 saturated heterocycles. The lowest BCUT2D eigenvalue weighted by Crippen LogP contribution is -1.96. The molecule has 0 unspecified atom stereocenters. The Morgan fingerprint density at radius 3 is 2.79 bits per heavy atom. The van der Waals surface area contributed by atoms with Crippen LogP contribution in [0.25, 0.3) is 0 Å². The summed E-state index contributed by atoms with van der Waals surface area (Å²) in [6, 6.07) is 7.29. The minimum atomic E-state index is 0.501. The summed E-state index contributed by atoms with van der Waals surface area (Å²) in [5.74, 6) is 1.29. The van der Waals surface area contributed by atoms with Crippen LogP contribution in [0.2, 0.25) is 0 Å². The van der Waals surface area contributed by atoms with Crippen LogP contribution in [0.1, 0.15) is 18.9 Å². The Morgan fingerprint density at radius 1 is 1.43 bits per heavy atom. The zero-order chi connectivity index (χ0) is 10.4. The van der Waals surface area contributed by atoms with E-state index in [1.807, 2.05) is 6.92 Å². The minimum absolute atomic E-state index is 0.501. The fourth-order valence-electron chi connectivity index (χ4n) is 1.08. The molecule has 0 heterocycles. The molecule has 74 valence electrons. The van der Waals surface area contributed by atoms with E-state index >= 15 is 0 Å². The van der Waals surface area contributed by atoms with E-state index in [9.17, 15) is 0 Å². The summed E-state index contributed by atoms with van der Waals surface area (Å²) >= 11 is 0. The van der Waals surface area contributed by atoms with Gasteiger partial charge in [-0.05, 0) is 18.6 Å². The van der Waals surface area contributed by atoms with Gasteiger partial charge in [0, 0.05) is 6.07 Å². The van der Waals surface area contributed by atoms with Crippen molar-refractivity contribution in [3.63, 3.8) is 0 Å². The van der Waals surface area contributed by atoms with E-state index in [2.05, 4.69) is 6.07 Å². The maximum absolute atomic E-state index is 8.81. The predicted octanol–water partition coefficient (Wildman–Crippen LogP) is 2.36. The molecule has 0 aliphatic rings. The summed E-state index contributed by atoms with van der Waals surface area (Å²) in [5, 5.41) is 8.81. The van der Waals surface area contributed by atoms with Gasteiger partial charge in [0.1, 0.15) is 17.6 Å². The van der Waals surface area contributed by atoms with Crippen molar-refractivity contribution in [1.29, 1.82) is 5.26 Å². The van der Waals surface area contributed by atoms with Gasteiger partial charge in [-0.15, -0.1) is 0 Å². The van der Waals surface area contributed by atoms with Gasteiger partial charge >= 0.3 is 0 Å². The molecular formula is C11H13NO2. The normalized spacial score (nSPS) is 9.21. The SMILES string of the molecule is CCCOc1ccc(OC)c(C#N)c1. The van der Waals surface area contributed by atoms with Gasteiger partial charge in [-0.1, -0.05) is 6.92 Å². The van der Waals surface area contributed by atoms with E-state index in [0.29, 0.717) is 23.7 Å². The van der Waals surface area contributed by atoms with Gasteiger partial charge in [0.15, 0.2) is 0 Å². The van der Waals surface area contributed by atoms with E-state index in [4.69, 9.17) is 14.7 Å². The van der Waals surface area contributed by atoms with E-state index in [1.165, 1.54) is 0 Å². The number of benzene rings is 1. The van der Waals surface area contributed by atoms with E-state index in [-0.39, 0.29) is 0 Å². The molecule has 0 fully saturated rings. The lowest BCUT2D eigenvalue weighted by molar-refractivity contribution is 0.316. The molecule has 1 aromatic carbocycles. The molecule has 0 aliphatic carbocycles. The van der Waals surface area contributed by atoms with Gasteiger partial charge in [-0.25, -0.2) is 0 Å². The first-order chi connectivity index (χ1) is 6.81. The summed E-state index contributed by atoms with van der Waals surface area (Å²) in [6.45, 7) is 2.70. The number of hydrogen-bond acceptors (Lipinski definition) is 3. The summed E-state index contributed by atoms with van der Waals surface area (Å²) < 4.78 is 10.4. The Morgan fingerprint density at radius 2 is 2.21 bits per heavy atom. The first kappa shape index (κ1) is 10.4. The molecule has 0 saturated carbocycles. The average Bonchev–Trinajstić information content (AvgIpc) is 2.25. The second-order valence-electron chi connectivity index (χ2n) is 2.82. The van der Waals surface area contributed by atoms with Crippen molar-refractivity contribution in [3.8, 4) is 17.6 Å². The molecule has 0 atom stereocenters. The highest BCUT2D eigenvalue weighted by Crippen LogP contribution is 2.23. The monoisotopic (exact) mass is 191 g/mol. The molecule has 1 aromatic rings. The maximum atomic E-state index is 8.81. The molecule has 0 aromatic heterocycles. The number of rotatable bonds is 4. The van der Waals surface area contributed by atoms with Gasteiger partial charge in [0.25, 0.3) is 0 Å². The van der Waals surface area contributed by atoms with Crippen LogP contribution < -0.4 is 9.47 Å². The Labute approximate surface area is 83.9 Å². The van der Waals surface area contributed by atoms with Gasteiger partial charge in [-0.3, -0.25) is 0 Å². The second-order valence-corrected chi connectivity index (χ2v) is 2.82. The van der Waals surface area contributed by atoms with Gasteiger partial charge in [0.2, 0.25) is 0 Å². The molecule has 14 heavy (non-hydrogen) atoms. The molecule has 0 N–H and O–H groups in total. The molecule has 0 amide bonds. The Bertz CT molecular complexity index is 342. The van der Waals surface area contributed by atoms with Crippen LogP contribution in [0.4, 0.5) is 0 Å². The summed E-state index contributed by atoms with van der Waals surface area (Å²) in [5.41, 5.74) is 0.501. The van der Waals surface area contributed by atoms with Crippen LogP contribution in [-0.2, 0) is 0 Å². The highest BCUT2D eigenvalue weighted by atomic mass is 16.5. The Hall–Kier alpha value is -1.69. The zero-order valence-electron chi connectivity index (χ0n) is 8.41. The summed E-state index contributed by atoms with van der Waals surface area (Å²) in [6.07, 6.45) is 0.952. The third kappa shape index (κ3) is 2.40. The summed E-state index contributed by atoms with van der Waals surface area (Å²) in [7, 11) is 1.54.